The summed E-state index contributed by atoms with van der Waals surface area (Å²) in [7, 11) is 0. The highest BCUT2D eigenvalue weighted by atomic mass is 16.5. The number of hydrogen-bond acceptors (Lipinski definition) is 6. The molecule has 0 spiro atoms. The number of ether oxygens (including phenoxy) is 4. The van der Waals surface area contributed by atoms with Gasteiger partial charge in [0.05, 0.1) is 26.4 Å². The van der Waals surface area contributed by atoms with Gasteiger partial charge in [-0.05, 0) is 76.5 Å². The summed E-state index contributed by atoms with van der Waals surface area (Å²) in [6.45, 7) is 14.4. The minimum atomic E-state index is -0.380. The van der Waals surface area contributed by atoms with Crippen molar-refractivity contribution in [2.24, 2.45) is 0 Å². The summed E-state index contributed by atoms with van der Waals surface area (Å²) >= 11 is 0. The molecule has 1 amide bonds. The predicted octanol–water partition coefficient (Wildman–Crippen LogP) is 4.54. The fourth-order valence-electron chi connectivity index (χ4n) is 4.13. The normalized spacial score (nSPS) is 17.3. The molecule has 2 N–H and O–H groups in total. The van der Waals surface area contributed by atoms with Crippen molar-refractivity contribution in [3.63, 3.8) is 0 Å². The van der Waals surface area contributed by atoms with E-state index in [1.165, 1.54) is 0 Å². The van der Waals surface area contributed by atoms with Crippen molar-refractivity contribution in [1.29, 1.82) is 0 Å². The van der Waals surface area contributed by atoms with Gasteiger partial charge in [-0.2, -0.15) is 0 Å². The molecule has 0 radical (unpaired) electrons. The Labute approximate surface area is 205 Å². The molecule has 1 aromatic carbocycles. The first-order valence-electron chi connectivity index (χ1n) is 12.8. The number of hydrogen-bond donors (Lipinski definition) is 2. The molecule has 0 bridgehead atoms. The summed E-state index contributed by atoms with van der Waals surface area (Å²) in [6.07, 6.45) is 5.77. The molecule has 7 nitrogen and oxygen atoms in total. The maximum atomic E-state index is 12.3. The number of phenols is 1. The first-order valence-corrected chi connectivity index (χ1v) is 12.8. The van der Waals surface area contributed by atoms with Gasteiger partial charge in [0.2, 0.25) is 5.91 Å². The van der Waals surface area contributed by atoms with Crippen LogP contribution in [0.4, 0.5) is 0 Å². The number of phenolic OH excluding ortho intramolecular Hbond substituents is 1. The molecule has 1 aromatic rings. The van der Waals surface area contributed by atoms with Crippen LogP contribution in [0.25, 0.3) is 0 Å². The second-order valence-electron chi connectivity index (χ2n) is 9.48. The highest BCUT2D eigenvalue weighted by Crippen LogP contribution is 2.44. The minimum absolute atomic E-state index is 0.0387. The summed E-state index contributed by atoms with van der Waals surface area (Å²) in [4.78, 5) is 12.3. The number of rotatable bonds is 16. The van der Waals surface area contributed by atoms with E-state index in [2.05, 4.69) is 19.2 Å². The molecule has 34 heavy (non-hydrogen) atoms. The molecule has 2 rings (SSSR count). The van der Waals surface area contributed by atoms with Gasteiger partial charge in [0.1, 0.15) is 17.1 Å². The summed E-state index contributed by atoms with van der Waals surface area (Å²) in [5, 5.41) is 13.3. The molecule has 194 valence electrons. The van der Waals surface area contributed by atoms with Crippen LogP contribution in [0.3, 0.4) is 0 Å². The lowest BCUT2D eigenvalue weighted by molar-refractivity contribution is -0.122. The lowest BCUT2D eigenvalue weighted by Gasteiger charge is -2.38. The van der Waals surface area contributed by atoms with Crippen LogP contribution in [0, 0.1) is 20.8 Å². The molecular formula is C27H45NO6. The first kappa shape index (κ1) is 28.4. The lowest BCUT2D eigenvalue weighted by Crippen LogP contribution is -2.38. The molecule has 0 aliphatic carbocycles. The second-order valence-corrected chi connectivity index (χ2v) is 9.48. The fraction of sp³-hybridized carbons (Fsp3) is 0.741. The van der Waals surface area contributed by atoms with E-state index in [0.717, 1.165) is 66.7 Å². The van der Waals surface area contributed by atoms with Gasteiger partial charge in [0, 0.05) is 31.7 Å². The molecular weight excluding hydrogens is 434 g/mol. The van der Waals surface area contributed by atoms with Gasteiger partial charge in [-0.25, -0.2) is 0 Å². The van der Waals surface area contributed by atoms with Gasteiger partial charge < -0.3 is 29.4 Å². The first-order chi connectivity index (χ1) is 16.3. The molecule has 7 heteroatoms. The highest BCUT2D eigenvalue weighted by Gasteiger charge is 2.34. The third-order valence-corrected chi connectivity index (χ3v) is 6.65. The van der Waals surface area contributed by atoms with E-state index < -0.39 is 0 Å². The monoisotopic (exact) mass is 479 g/mol. The van der Waals surface area contributed by atoms with E-state index in [1.807, 2.05) is 20.8 Å². The quantitative estimate of drug-likeness (QED) is 0.339. The molecule has 0 aromatic heterocycles. The Bertz CT molecular complexity index is 781. The van der Waals surface area contributed by atoms with E-state index in [0.29, 0.717) is 58.2 Å². The fourth-order valence-corrected chi connectivity index (χ4v) is 4.13. The van der Waals surface area contributed by atoms with Gasteiger partial charge >= 0.3 is 0 Å². The van der Waals surface area contributed by atoms with Crippen LogP contribution >= 0.6 is 0 Å². The summed E-state index contributed by atoms with van der Waals surface area (Å²) < 4.78 is 22.9. The zero-order chi connectivity index (χ0) is 25.0. The van der Waals surface area contributed by atoms with Crippen LogP contribution in [0.2, 0.25) is 0 Å². The average molecular weight is 480 g/mol. The van der Waals surface area contributed by atoms with Gasteiger partial charge in [0.25, 0.3) is 0 Å². The predicted molar refractivity (Wildman–Crippen MR) is 134 cm³/mol. The number of carbonyl (C=O) groups is 1. The number of benzene rings is 1. The van der Waals surface area contributed by atoms with Gasteiger partial charge in [0.15, 0.2) is 0 Å². The Hall–Kier alpha value is -1.83. The van der Waals surface area contributed by atoms with Crippen LogP contribution in [0.1, 0.15) is 74.6 Å². The van der Waals surface area contributed by atoms with Crippen LogP contribution < -0.4 is 10.1 Å². The van der Waals surface area contributed by atoms with Gasteiger partial charge in [-0.1, -0.05) is 13.3 Å². The topological polar surface area (TPSA) is 86.2 Å². The van der Waals surface area contributed by atoms with Crippen LogP contribution in [-0.2, 0) is 25.4 Å². The number of amides is 1. The number of unbranched alkanes of at least 4 members (excludes halogenated alkanes) is 1. The molecule has 1 heterocycles. The van der Waals surface area contributed by atoms with Crippen LogP contribution in [0.5, 0.6) is 11.5 Å². The number of fused-ring (bicyclic) bond motifs is 1. The Morgan fingerprint density at radius 2 is 1.59 bits per heavy atom. The standard InChI is InChI=1S/C27H45NO6/c1-6-7-14-31-16-18-33-19-17-32-15-8-13-28-24(29)10-12-27(5)11-9-23-22(4)25(30)20(2)21(3)26(23)34-27/h30H,6-19H2,1-5H3,(H,28,29). The number of aromatic hydroxyl groups is 1. The van der Waals surface area contributed by atoms with E-state index in [4.69, 9.17) is 18.9 Å². The summed E-state index contributed by atoms with van der Waals surface area (Å²) in [5.41, 5.74) is 3.47. The number of nitrogens with one attached hydrogen (secondary N) is 1. The average Bonchev–Trinajstić information content (AvgIpc) is 2.83. The van der Waals surface area contributed by atoms with Gasteiger partial charge in [-0.15, -0.1) is 0 Å². The Kier molecular flexibility index (Phi) is 12.2. The van der Waals surface area contributed by atoms with Gasteiger partial charge in [-0.3, -0.25) is 4.79 Å². The Balaban J connectivity index is 1.57. The van der Waals surface area contributed by atoms with Crippen LogP contribution in [0.15, 0.2) is 0 Å². The second kappa shape index (κ2) is 14.5. The van der Waals surface area contributed by atoms with Crippen molar-refractivity contribution in [2.45, 2.75) is 85.2 Å². The van der Waals surface area contributed by atoms with E-state index in [9.17, 15) is 9.90 Å². The molecule has 0 saturated carbocycles. The minimum Gasteiger partial charge on any atom is -0.507 e. The largest absolute Gasteiger partial charge is 0.507 e. The maximum absolute atomic E-state index is 12.3. The maximum Gasteiger partial charge on any atom is 0.220 e. The van der Waals surface area contributed by atoms with E-state index in [1.54, 1.807) is 0 Å². The highest BCUT2D eigenvalue weighted by molar-refractivity contribution is 5.75. The van der Waals surface area contributed by atoms with Crippen molar-refractivity contribution < 1.29 is 28.8 Å². The Morgan fingerprint density at radius 1 is 0.971 bits per heavy atom. The zero-order valence-electron chi connectivity index (χ0n) is 21.9. The summed E-state index contributed by atoms with van der Waals surface area (Å²) in [5.74, 6) is 1.29. The number of carbonyl (C=O) groups excluding carboxylic acids is 1. The third kappa shape index (κ3) is 8.75. The zero-order valence-corrected chi connectivity index (χ0v) is 21.9. The molecule has 1 aliphatic rings. The van der Waals surface area contributed by atoms with Crippen molar-refractivity contribution >= 4 is 5.91 Å². The van der Waals surface area contributed by atoms with Crippen molar-refractivity contribution in [1.82, 2.24) is 5.32 Å². The van der Waals surface area contributed by atoms with E-state index >= 15 is 0 Å². The van der Waals surface area contributed by atoms with Crippen LogP contribution in [-0.4, -0.2) is 62.8 Å². The Morgan fingerprint density at radius 3 is 2.24 bits per heavy atom. The lowest BCUT2D eigenvalue weighted by atomic mass is 9.85. The third-order valence-electron chi connectivity index (χ3n) is 6.65. The molecule has 1 atom stereocenters. The molecule has 1 unspecified atom stereocenters. The molecule has 1 aliphatic heterocycles. The molecule has 0 fully saturated rings. The smallest absolute Gasteiger partial charge is 0.220 e. The van der Waals surface area contributed by atoms with Crippen molar-refractivity contribution in [2.75, 3.05) is 46.2 Å². The van der Waals surface area contributed by atoms with Crippen molar-refractivity contribution in [3.8, 4) is 11.5 Å². The molecule has 0 saturated heterocycles. The van der Waals surface area contributed by atoms with Crippen molar-refractivity contribution in [3.05, 3.63) is 22.3 Å². The summed E-state index contributed by atoms with van der Waals surface area (Å²) in [6, 6.07) is 0. The van der Waals surface area contributed by atoms with E-state index in [-0.39, 0.29) is 11.5 Å². The SMILES string of the molecule is CCCCOCCOCCOCCCNC(=O)CCC1(C)CCc2c(C)c(O)c(C)c(C)c2O1.